The number of imidazole rings is 1. The van der Waals surface area contributed by atoms with Crippen molar-refractivity contribution in [2.24, 2.45) is 0 Å². The number of carbonyl (C=O) groups is 2. The molecule has 0 aromatic carbocycles. The van der Waals surface area contributed by atoms with Gasteiger partial charge in [-0.3, -0.25) is 9.20 Å². The number of carbonyl (C=O) groups excluding carboxylic acids is 2. The Morgan fingerprint density at radius 3 is 3.19 bits per heavy atom. The molecular formula is C13H14N4O3S. The van der Waals surface area contributed by atoms with Crippen LogP contribution in [0.1, 0.15) is 23.3 Å². The summed E-state index contributed by atoms with van der Waals surface area (Å²) in [5.41, 5.74) is -0.126. The zero-order chi connectivity index (χ0) is 14.4. The Kier molecular flexibility index (Phi) is 2.68. The average molecular weight is 306 g/mol. The molecule has 7 nitrogen and oxygen atoms in total. The molecule has 2 aromatic rings. The molecule has 21 heavy (non-hydrogen) atoms. The monoisotopic (exact) mass is 306 g/mol. The molecule has 4 rings (SSSR count). The van der Waals surface area contributed by atoms with Gasteiger partial charge in [-0.1, -0.05) is 0 Å². The van der Waals surface area contributed by atoms with Crippen molar-refractivity contribution in [3.8, 4) is 0 Å². The second kappa shape index (κ2) is 4.45. The first kappa shape index (κ1) is 12.6. The molecule has 1 N–H and O–H groups in total. The van der Waals surface area contributed by atoms with Crippen molar-refractivity contribution in [3.05, 3.63) is 23.5 Å². The summed E-state index contributed by atoms with van der Waals surface area (Å²) in [6, 6.07) is 0. The Bertz CT molecular complexity index is 695. The first-order valence-corrected chi connectivity index (χ1v) is 7.72. The van der Waals surface area contributed by atoms with Crippen LogP contribution in [0.4, 0.5) is 4.79 Å². The zero-order valence-corrected chi connectivity index (χ0v) is 12.1. The van der Waals surface area contributed by atoms with Gasteiger partial charge >= 0.3 is 6.09 Å². The Morgan fingerprint density at radius 1 is 1.52 bits per heavy atom. The lowest BCUT2D eigenvalue weighted by atomic mass is 9.93. The molecule has 0 saturated carbocycles. The molecule has 0 aliphatic carbocycles. The number of ether oxygens (including phenoxy) is 1. The highest BCUT2D eigenvalue weighted by Crippen LogP contribution is 2.29. The summed E-state index contributed by atoms with van der Waals surface area (Å²) in [5.74, 6) is -0.104. The van der Waals surface area contributed by atoms with E-state index in [-0.39, 0.29) is 5.91 Å². The quantitative estimate of drug-likeness (QED) is 0.856. The second-order valence-electron chi connectivity index (χ2n) is 5.48. The number of fused-ring (bicyclic) bond motifs is 1. The van der Waals surface area contributed by atoms with Gasteiger partial charge in [0.05, 0.1) is 13.1 Å². The van der Waals surface area contributed by atoms with Crippen molar-refractivity contribution in [1.29, 1.82) is 0 Å². The van der Waals surface area contributed by atoms with Crippen LogP contribution in [0.15, 0.2) is 17.8 Å². The fourth-order valence-electron chi connectivity index (χ4n) is 2.99. The molecule has 8 heteroatoms. The van der Waals surface area contributed by atoms with E-state index in [4.69, 9.17) is 4.74 Å². The lowest BCUT2D eigenvalue weighted by Crippen LogP contribution is -2.52. The van der Waals surface area contributed by atoms with Gasteiger partial charge in [0.2, 0.25) is 0 Å². The molecule has 110 valence electrons. The molecule has 2 aliphatic rings. The van der Waals surface area contributed by atoms with Crippen molar-refractivity contribution >= 4 is 28.3 Å². The lowest BCUT2D eigenvalue weighted by molar-refractivity contribution is -0.00521. The minimum absolute atomic E-state index is 0.104. The number of nitrogens with zero attached hydrogens (tertiary/aromatic N) is 3. The topological polar surface area (TPSA) is 75.9 Å². The average Bonchev–Trinajstić information content (AvgIpc) is 3.13. The first-order valence-electron chi connectivity index (χ1n) is 6.84. The van der Waals surface area contributed by atoms with Gasteiger partial charge in [0.25, 0.3) is 5.91 Å². The van der Waals surface area contributed by atoms with Gasteiger partial charge < -0.3 is 15.0 Å². The number of rotatable bonds is 1. The number of amides is 2. The van der Waals surface area contributed by atoms with E-state index in [1.54, 1.807) is 11.1 Å². The number of hydrogen-bond acceptors (Lipinski definition) is 5. The van der Waals surface area contributed by atoms with E-state index in [1.165, 1.54) is 11.3 Å². The highest BCUT2D eigenvalue weighted by Gasteiger charge is 2.45. The number of aromatic nitrogens is 2. The number of nitrogens with one attached hydrogen (secondary N) is 1. The van der Waals surface area contributed by atoms with Gasteiger partial charge in [-0.25, -0.2) is 9.78 Å². The highest BCUT2D eigenvalue weighted by atomic mass is 32.1. The van der Waals surface area contributed by atoms with Crippen LogP contribution < -0.4 is 5.32 Å². The van der Waals surface area contributed by atoms with E-state index in [9.17, 15) is 9.59 Å². The van der Waals surface area contributed by atoms with E-state index in [0.717, 1.165) is 17.8 Å². The van der Waals surface area contributed by atoms with Crippen LogP contribution in [-0.4, -0.2) is 51.5 Å². The van der Waals surface area contributed by atoms with Crippen molar-refractivity contribution in [1.82, 2.24) is 19.6 Å². The van der Waals surface area contributed by atoms with Crippen molar-refractivity contribution < 1.29 is 14.3 Å². The maximum Gasteiger partial charge on any atom is 0.407 e. The van der Waals surface area contributed by atoms with E-state index < -0.39 is 11.7 Å². The third kappa shape index (κ3) is 2.06. The second-order valence-corrected chi connectivity index (χ2v) is 6.35. The zero-order valence-electron chi connectivity index (χ0n) is 11.2. The largest absolute Gasteiger partial charge is 0.439 e. The van der Waals surface area contributed by atoms with E-state index >= 15 is 0 Å². The van der Waals surface area contributed by atoms with E-state index in [1.807, 2.05) is 16.0 Å². The summed E-state index contributed by atoms with van der Waals surface area (Å²) in [6.07, 6.45) is 4.83. The standard InChI is InChI=1S/C13H14N4O3S/c18-10(9-6-16-4-5-21-11(16)15-9)17-3-1-2-13(8-17)7-14-12(19)20-13/h4-6H,1-3,7-8H2,(H,14,19). The summed E-state index contributed by atoms with van der Waals surface area (Å²) < 4.78 is 7.22. The summed E-state index contributed by atoms with van der Waals surface area (Å²) in [6.45, 7) is 1.56. The predicted octanol–water partition coefficient (Wildman–Crippen LogP) is 1.11. The number of thiazole rings is 1. The normalized spacial score (nSPS) is 25.3. The van der Waals surface area contributed by atoms with Crippen LogP contribution in [0.3, 0.4) is 0 Å². The van der Waals surface area contributed by atoms with Crippen LogP contribution in [0.25, 0.3) is 4.96 Å². The summed E-state index contributed by atoms with van der Waals surface area (Å²) in [7, 11) is 0. The van der Waals surface area contributed by atoms with Gasteiger partial charge in [0.15, 0.2) is 4.96 Å². The van der Waals surface area contributed by atoms with E-state index in [0.29, 0.717) is 25.3 Å². The molecule has 0 bridgehead atoms. The molecule has 0 radical (unpaired) electrons. The lowest BCUT2D eigenvalue weighted by Gasteiger charge is -2.37. The Morgan fingerprint density at radius 2 is 2.43 bits per heavy atom. The fourth-order valence-corrected chi connectivity index (χ4v) is 3.69. The Balaban J connectivity index is 1.56. The van der Waals surface area contributed by atoms with Crippen LogP contribution >= 0.6 is 11.3 Å². The van der Waals surface area contributed by atoms with Crippen molar-refractivity contribution in [2.75, 3.05) is 19.6 Å². The van der Waals surface area contributed by atoms with Gasteiger partial charge in [-0.05, 0) is 12.8 Å². The minimum atomic E-state index is -0.567. The Labute approximate surface area is 124 Å². The molecular weight excluding hydrogens is 292 g/mol. The Hall–Kier alpha value is -2.09. The SMILES string of the molecule is O=C1NCC2(CCCN(C(=O)c3cn4ccsc4n3)C2)O1. The molecule has 2 amide bonds. The summed E-state index contributed by atoms with van der Waals surface area (Å²) >= 11 is 1.49. The highest BCUT2D eigenvalue weighted by molar-refractivity contribution is 7.15. The third-order valence-corrected chi connectivity index (χ3v) is 4.77. The van der Waals surface area contributed by atoms with Crippen LogP contribution in [0.5, 0.6) is 0 Å². The number of alkyl carbamates (subject to hydrolysis) is 1. The molecule has 2 fully saturated rings. The predicted molar refractivity (Wildman–Crippen MR) is 75.4 cm³/mol. The maximum atomic E-state index is 12.6. The number of likely N-dealkylation sites (tertiary alicyclic amines) is 1. The van der Waals surface area contributed by atoms with Gasteiger partial charge in [0, 0.05) is 24.3 Å². The third-order valence-electron chi connectivity index (χ3n) is 4.00. The molecule has 1 spiro atoms. The van der Waals surface area contributed by atoms with E-state index in [2.05, 4.69) is 10.3 Å². The molecule has 2 aromatic heterocycles. The van der Waals surface area contributed by atoms with Crippen molar-refractivity contribution in [3.63, 3.8) is 0 Å². The van der Waals surface area contributed by atoms with Crippen molar-refractivity contribution in [2.45, 2.75) is 18.4 Å². The molecule has 4 heterocycles. The minimum Gasteiger partial charge on any atom is -0.439 e. The summed E-state index contributed by atoms with van der Waals surface area (Å²) in [4.78, 5) is 30.8. The first-order chi connectivity index (χ1) is 10.2. The number of hydrogen-bond donors (Lipinski definition) is 1. The molecule has 1 atom stereocenters. The van der Waals surface area contributed by atoms with Crippen LogP contribution in [-0.2, 0) is 4.74 Å². The molecule has 1 unspecified atom stereocenters. The molecule has 2 saturated heterocycles. The molecule has 2 aliphatic heterocycles. The van der Waals surface area contributed by atoms with Crippen LogP contribution in [0.2, 0.25) is 0 Å². The smallest absolute Gasteiger partial charge is 0.407 e. The number of piperidine rings is 1. The van der Waals surface area contributed by atoms with Gasteiger partial charge in [-0.15, -0.1) is 11.3 Å². The van der Waals surface area contributed by atoms with Gasteiger partial charge in [-0.2, -0.15) is 0 Å². The fraction of sp³-hybridized carbons (Fsp3) is 0.462. The maximum absolute atomic E-state index is 12.6. The summed E-state index contributed by atoms with van der Waals surface area (Å²) in [5, 5.41) is 4.61. The van der Waals surface area contributed by atoms with Crippen LogP contribution in [0, 0.1) is 0 Å². The van der Waals surface area contributed by atoms with Gasteiger partial charge in [0.1, 0.15) is 11.3 Å².